The number of hydrogen-bond acceptors (Lipinski definition) is 6. The summed E-state index contributed by atoms with van der Waals surface area (Å²) in [5, 5.41) is 5.28. The predicted octanol–water partition coefficient (Wildman–Crippen LogP) is 4.79. The molecule has 0 saturated heterocycles. The third kappa shape index (κ3) is 4.15. The summed E-state index contributed by atoms with van der Waals surface area (Å²) in [6.45, 7) is 2.06. The van der Waals surface area contributed by atoms with Gasteiger partial charge < -0.3 is 0 Å². The molecule has 2 aromatic heterocycles. The molecule has 0 saturated carbocycles. The zero-order valence-corrected chi connectivity index (χ0v) is 16.2. The fraction of sp³-hybridized carbons (Fsp3) is 0.100. The minimum absolute atomic E-state index is 0.122. The number of benzene rings is 2. The van der Waals surface area contributed by atoms with E-state index in [0.29, 0.717) is 11.0 Å². The smallest absolute Gasteiger partial charge is 0.236 e. The topological polar surface area (TPSA) is 67.8 Å². The van der Waals surface area contributed by atoms with Crippen molar-refractivity contribution >= 4 is 45.2 Å². The summed E-state index contributed by atoms with van der Waals surface area (Å²) in [7, 11) is 0. The fourth-order valence-corrected chi connectivity index (χ4v) is 4.05. The Morgan fingerprint density at radius 3 is 2.70 bits per heavy atom. The van der Waals surface area contributed by atoms with Crippen LogP contribution in [0.15, 0.2) is 65.7 Å². The van der Waals surface area contributed by atoms with Crippen LogP contribution >= 0.6 is 23.3 Å². The number of carbonyl (C=O) groups is 1. The number of aryl methyl sites for hydroxylation is 1. The minimum Gasteiger partial charge on any atom is -0.300 e. The van der Waals surface area contributed by atoms with E-state index >= 15 is 0 Å². The highest BCUT2D eigenvalue weighted by atomic mass is 32.2. The monoisotopic (exact) mass is 392 g/mol. The van der Waals surface area contributed by atoms with Crippen molar-refractivity contribution in [2.24, 2.45) is 0 Å². The number of anilines is 1. The molecule has 0 unspecified atom stereocenters. The van der Waals surface area contributed by atoms with Gasteiger partial charge in [-0.1, -0.05) is 60.3 Å². The third-order valence-electron chi connectivity index (χ3n) is 3.96. The van der Waals surface area contributed by atoms with Gasteiger partial charge in [-0.25, -0.2) is 4.98 Å². The maximum absolute atomic E-state index is 12.3. The lowest BCUT2D eigenvalue weighted by molar-refractivity contribution is -0.113. The second-order valence-electron chi connectivity index (χ2n) is 5.92. The van der Waals surface area contributed by atoms with Gasteiger partial charge in [0.25, 0.3) is 0 Å². The zero-order valence-electron chi connectivity index (χ0n) is 14.5. The molecule has 4 aromatic rings. The van der Waals surface area contributed by atoms with Crippen LogP contribution in [-0.2, 0) is 4.79 Å². The van der Waals surface area contributed by atoms with Crippen molar-refractivity contribution in [3.8, 4) is 11.4 Å². The SMILES string of the molecule is Cc1cc(SCC(=O)Nc2nc(-c3ccccc3)ns2)nc2ccccc12. The summed E-state index contributed by atoms with van der Waals surface area (Å²) in [4.78, 5) is 21.3. The number of carbonyl (C=O) groups excluding carboxylic acids is 1. The summed E-state index contributed by atoms with van der Waals surface area (Å²) >= 11 is 2.59. The molecule has 0 radical (unpaired) electrons. The van der Waals surface area contributed by atoms with E-state index in [9.17, 15) is 4.79 Å². The van der Waals surface area contributed by atoms with Crippen LogP contribution in [0.3, 0.4) is 0 Å². The molecular formula is C20H16N4OS2. The van der Waals surface area contributed by atoms with Crippen molar-refractivity contribution in [1.82, 2.24) is 14.3 Å². The highest BCUT2D eigenvalue weighted by Gasteiger charge is 2.11. The van der Waals surface area contributed by atoms with Crippen LogP contribution in [0.25, 0.3) is 22.3 Å². The molecule has 1 amide bonds. The van der Waals surface area contributed by atoms with Gasteiger partial charge in [0, 0.05) is 22.5 Å². The molecule has 0 fully saturated rings. The second kappa shape index (κ2) is 7.85. The summed E-state index contributed by atoms with van der Waals surface area (Å²) in [5.41, 5.74) is 3.02. The molecule has 0 spiro atoms. The number of rotatable bonds is 5. The van der Waals surface area contributed by atoms with Gasteiger partial charge in [-0.05, 0) is 24.6 Å². The molecule has 134 valence electrons. The maximum atomic E-state index is 12.3. The van der Waals surface area contributed by atoms with Crippen LogP contribution in [0.4, 0.5) is 5.13 Å². The van der Waals surface area contributed by atoms with Crippen LogP contribution in [0.1, 0.15) is 5.56 Å². The standard InChI is InChI=1S/C20H16N4OS2/c1-13-11-18(21-16-10-6-5-9-15(13)16)26-12-17(25)22-20-23-19(24-27-20)14-7-3-2-4-8-14/h2-11H,12H2,1H3,(H,22,23,24,25). The Bertz CT molecular complexity index is 1100. The Balaban J connectivity index is 1.40. The number of para-hydroxylation sites is 1. The van der Waals surface area contributed by atoms with E-state index in [1.54, 1.807) is 0 Å². The Morgan fingerprint density at radius 2 is 1.85 bits per heavy atom. The quantitative estimate of drug-likeness (QED) is 0.495. The average molecular weight is 393 g/mol. The van der Waals surface area contributed by atoms with Gasteiger partial charge in [-0.3, -0.25) is 10.1 Å². The lowest BCUT2D eigenvalue weighted by Gasteiger charge is -2.06. The number of aromatic nitrogens is 3. The number of pyridine rings is 1. The Morgan fingerprint density at radius 1 is 1.07 bits per heavy atom. The van der Waals surface area contributed by atoms with Gasteiger partial charge in [-0.2, -0.15) is 9.36 Å². The van der Waals surface area contributed by atoms with Crippen molar-refractivity contribution in [3.63, 3.8) is 0 Å². The molecule has 4 rings (SSSR count). The predicted molar refractivity (Wildman–Crippen MR) is 111 cm³/mol. The fourth-order valence-electron chi connectivity index (χ4n) is 2.67. The van der Waals surface area contributed by atoms with Crippen LogP contribution in [0.2, 0.25) is 0 Å². The van der Waals surface area contributed by atoms with Crippen molar-refractivity contribution < 1.29 is 4.79 Å². The van der Waals surface area contributed by atoms with E-state index in [1.807, 2.05) is 54.6 Å². The average Bonchev–Trinajstić information content (AvgIpc) is 3.16. The molecule has 1 N–H and O–H groups in total. The first-order valence-electron chi connectivity index (χ1n) is 8.37. The largest absolute Gasteiger partial charge is 0.300 e. The van der Waals surface area contributed by atoms with Crippen molar-refractivity contribution in [3.05, 3.63) is 66.2 Å². The van der Waals surface area contributed by atoms with Crippen LogP contribution < -0.4 is 5.32 Å². The normalized spacial score (nSPS) is 10.9. The van der Waals surface area contributed by atoms with E-state index in [4.69, 9.17) is 0 Å². The summed E-state index contributed by atoms with van der Waals surface area (Å²) in [6, 6.07) is 19.7. The highest BCUT2D eigenvalue weighted by molar-refractivity contribution is 7.99. The minimum atomic E-state index is -0.122. The van der Waals surface area contributed by atoms with Gasteiger partial charge in [0.15, 0.2) is 5.82 Å². The van der Waals surface area contributed by atoms with Gasteiger partial charge in [-0.15, -0.1) is 0 Å². The van der Waals surface area contributed by atoms with Crippen LogP contribution in [0.5, 0.6) is 0 Å². The number of thioether (sulfide) groups is 1. The number of nitrogens with zero attached hydrogens (tertiary/aromatic N) is 3. The molecule has 0 aliphatic carbocycles. The molecule has 2 heterocycles. The molecular weight excluding hydrogens is 376 g/mol. The number of amides is 1. The summed E-state index contributed by atoms with van der Waals surface area (Å²) in [6.07, 6.45) is 0. The van der Waals surface area contributed by atoms with Crippen LogP contribution in [0, 0.1) is 6.92 Å². The molecule has 0 atom stereocenters. The number of hydrogen-bond donors (Lipinski definition) is 1. The van der Waals surface area contributed by atoms with Crippen LogP contribution in [-0.4, -0.2) is 26.0 Å². The second-order valence-corrected chi connectivity index (χ2v) is 7.67. The van der Waals surface area contributed by atoms with Gasteiger partial charge in [0.05, 0.1) is 16.3 Å². The Kier molecular flexibility index (Phi) is 5.13. The highest BCUT2D eigenvalue weighted by Crippen LogP contribution is 2.24. The zero-order chi connectivity index (χ0) is 18.6. The first-order valence-corrected chi connectivity index (χ1v) is 10.1. The first-order chi connectivity index (χ1) is 13.2. The van der Waals surface area contributed by atoms with Gasteiger partial charge in [0.2, 0.25) is 11.0 Å². The molecule has 0 bridgehead atoms. The molecule has 5 nitrogen and oxygen atoms in total. The lowest BCUT2D eigenvalue weighted by atomic mass is 10.1. The molecule has 0 aliphatic rings. The van der Waals surface area contributed by atoms with E-state index < -0.39 is 0 Å². The lowest BCUT2D eigenvalue weighted by Crippen LogP contribution is -2.13. The van der Waals surface area contributed by atoms with Crippen molar-refractivity contribution in [1.29, 1.82) is 0 Å². The molecule has 0 aliphatic heterocycles. The number of nitrogens with one attached hydrogen (secondary N) is 1. The van der Waals surface area contributed by atoms with Crippen molar-refractivity contribution in [2.75, 3.05) is 11.1 Å². The Hall–Kier alpha value is -2.77. The Labute approximate surface area is 165 Å². The van der Waals surface area contributed by atoms with Gasteiger partial charge >= 0.3 is 0 Å². The molecule has 7 heteroatoms. The van der Waals surface area contributed by atoms with E-state index in [1.165, 1.54) is 23.3 Å². The molecule has 2 aromatic carbocycles. The third-order valence-corrected chi connectivity index (χ3v) is 5.50. The van der Waals surface area contributed by atoms with Gasteiger partial charge in [0.1, 0.15) is 0 Å². The van der Waals surface area contributed by atoms with E-state index in [-0.39, 0.29) is 11.7 Å². The molecule has 27 heavy (non-hydrogen) atoms. The first kappa shape index (κ1) is 17.6. The maximum Gasteiger partial charge on any atom is 0.236 e. The number of fused-ring (bicyclic) bond motifs is 1. The van der Waals surface area contributed by atoms with E-state index in [2.05, 4.69) is 32.6 Å². The summed E-state index contributed by atoms with van der Waals surface area (Å²) in [5.74, 6) is 0.768. The van der Waals surface area contributed by atoms with Crippen molar-refractivity contribution in [2.45, 2.75) is 11.9 Å². The van der Waals surface area contributed by atoms with E-state index in [0.717, 1.165) is 27.1 Å². The summed E-state index contributed by atoms with van der Waals surface area (Å²) < 4.78 is 4.30.